The van der Waals surface area contributed by atoms with E-state index in [4.69, 9.17) is 21.3 Å². The summed E-state index contributed by atoms with van der Waals surface area (Å²) in [5.74, 6) is -0.569. The Kier molecular flexibility index (Phi) is 5.95. The topological polar surface area (TPSA) is 64.9 Å². The van der Waals surface area contributed by atoms with Crippen molar-refractivity contribution in [1.82, 2.24) is 25.1 Å². The number of aromatic nitrogens is 4. The van der Waals surface area contributed by atoms with E-state index in [1.165, 1.54) is 7.11 Å². The van der Waals surface area contributed by atoms with E-state index in [1.807, 2.05) is 30.3 Å². The molecule has 0 atom stereocenters. The zero-order valence-corrected chi connectivity index (χ0v) is 18.7. The number of rotatable bonds is 5. The lowest BCUT2D eigenvalue weighted by atomic mass is 9.94. The van der Waals surface area contributed by atoms with Crippen molar-refractivity contribution in [2.24, 2.45) is 0 Å². The molecule has 0 amide bonds. The largest absolute Gasteiger partial charge is 0.497 e. The molecule has 1 aliphatic heterocycles. The van der Waals surface area contributed by atoms with Crippen LogP contribution in [0.25, 0.3) is 22.4 Å². The third-order valence-electron chi connectivity index (χ3n) is 6.00. The highest BCUT2D eigenvalue weighted by Gasteiger charge is 2.22. The second kappa shape index (κ2) is 9.03. The van der Waals surface area contributed by atoms with E-state index in [-0.39, 0.29) is 17.9 Å². The number of nitrogens with one attached hydrogen (secondary N) is 1. The average Bonchev–Trinajstić information content (AvgIpc) is 3.20. The lowest BCUT2D eigenvalue weighted by Crippen LogP contribution is -2.27. The van der Waals surface area contributed by atoms with E-state index in [0.717, 1.165) is 49.1 Å². The number of ether oxygens (including phenoxy) is 1. The van der Waals surface area contributed by atoms with Gasteiger partial charge in [-0.3, -0.25) is 4.68 Å². The molecule has 6 nitrogen and oxygen atoms in total. The first-order chi connectivity index (χ1) is 16.0. The van der Waals surface area contributed by atoms with Crippen LogP contribution in [0.5, 0.6) is 5.75 Å². The van der Waals surface area contributed by atoms with Gasteiger partial charge in [-0.2, -0.15) is 5.10 Å². The summed E-state index contributed by atoms with van der Waals surface area (Å²) < 4.78 is 35.7. The van der Waals surface area contributed by atoms with Crippen molar-refractivity contribution >= 4 is 22.5 Å². The molecule has 1 N–H and O–H groups in total. The van der Waals surface area contributed by atoms with E-state index in [2.05, 4.69) is 15.4 Å². The lowest BCUT2D eigenvalue weighted by Gasteiger charge is -2.22. The third kappa shape index (κ3) is 4.28. The molecule has 0 aliphatic carbocycles. The molecular formula is C24H22ClF2N5O. The summed E-state index contributed by atoms with van der Waals surface area (Å²) in [4.78, 5) is 9.22. The van der Waals surface area contributed by atoms with E-state index in [1.54, 1.807) is 4.68 Å². The predicted molar refractivity (Wildman–Crippen MR) is 123 cm³/mol. The van der Waals surface area contributed by atoms with Crippen LogP contribution in [0.2, 0.25) is 5.15 Å². The first-order valence-electron chi connectivity index (χ1n) is 10.8. The van der Waals surface area contributed by atoms with E-state index in [9.17, 15) is 8.78 Å². The van der Waals surface area contributed by atoms with E-state index in [0.29, 0.717) is 28.1 Å². The summed E-state index contributed by atoms with van der Waals surface area (Å²) in [6.07, 6.45) is 1.94. The fourth-order valence-electron chi connectivity index (χ4n) is 4.28. The normalized spacial score (nSPS) is 14.7. The molecule has 0 spiro atoms. The molecular weight excluding hydrogens is 448 g/mol. The van der Waals surface area contributed by atoms with Crippen molar-refractivity contribution in [2.75, 3.05) is 20.2 Å². The summed E-state index contributed by atoms with van der Waals surface area (Å²) in [7, 11) is 1.37. The van der Waals surface area contributed by atoms with Crippen LogP contribution in [0.15, 0.2) is 42.5 Å². The van der Waals surface area contributed by atoms with Crippen LogP contribution in [0, 0.1) is 11.6 Å². The number of halogens is 3. The highest BCUT2D eigenvalue weighted by Crippen LogP contribution is 2.31. The number of para-hydroxylation sites is 1. The van der Waals surface area contributed by atoms with Gasteiger partial charge in [0, 0.05) is 34.7 Å². The standard InChI is InChI=1S/C24H22ClF2N5O/c1-33-15-10-18(26)17(19(27)11-15)13-32-21-5-3-2-4-16(21)23(31-32)24-29-20(12-22(25)30-24)14-6-8-28-9-7-14/h2-5,10-12,14,28H,6-9,13H2,1H3. The Morgan fingerprint density at radius 1 is 1.09 bits per heavy atom. The fourth-order valence-corrected chi connectivity index (χ4v) is 4.47. The molecule has 3 heterocycles. The Morgan fingerprint density at radius 2 is 1.82 bits per heavy atom. The average molecular weight is 470 g/mol. The monoisotopic (exact) mass is 469 g/mol. The molecule has 9 heteroatoms. The first kappa shape index (κ1) is 21.7. The van der Waals surface area contributed by atoms with Crippen LogP contribution in [0.4, 0.5) is 8.78 Å². The second-order valence-electron chi connectivity index (χ2n) is 8.06. The van der Waals surface area contributed by atoms with Crippen molar-refractivity contribution in [1.29, 1.82) is 0 Å². The van der Waals surface area contributed by atoms with Crippen LogP contribution in [0.1, 0.15) is 30.0 Å². The minimum absolute atomic E-state index is 0.0934. The molecule has 0 bridgehead atoms. The molecule has 0 unspecified atom stereocenters. The maximum absolute atomic E-state index is 14.6. The van der Waals surface area contributed by atoms with Crippen molar-refractivity contribution < 1.29 is 13.5 Å². The molecule has 2 aromatic heterocycles. The second-order valence-corrected chi connectivity index (χ2v) is 8.44. The molecule has 33 heavy (non-hydrogen) atoms. The highest BCUT2D eigenvalue weighted by molar-refractivity contribution is 6.29. The Bertz CT molecular complexity index is 1300. The van der Waals surface area contributed by atoms with Gasteiger partial charge in [-0.05, 0) is 38.1 Å². The number of piperidine rings is 1. The first-order valence-corrected chi connectivity index (χ1v) is 11.1. The Labute approximate surface area is 194 Å². The Morgan fingerprint density at radius 3 is 2.55 bits per heavy atom. The molecule has 4 aromatic rings. The van der Waals surface area contributed by atoms with Crippen molar-refractivity contribution in [3.8, 4) is 17.3 Å². The SMILES string of the molecule is COc1cc(F)c(Cn2nc(-c3nc(Cl)cc(C4CCNCC4)n3)c3ccccc32)c(F)c1. The van der Waals surface area contributed by atoms with Gasteiger partial charge in [-0.25, -0.2) is 18.7 Å². The number of fused-ring (bicyclic) bond motifs is 1. The summed E-state index contributed by atoms with van der Waals surface area (Å²) in [5, 5.41) is 9.14. The quantitative estimate of drug-likeness (QED) is 0.419. The number of benzene rings is 2. The molecule has 0 saturated carbocycles. The van der Waals surface area contributed by atoms with Crippen molar-refractivity contribution in [2.45, 2.75) is 25.3 Å². The van der Waals surface area contributed by atoms with Crippen molar-refractivity contribution in [3.05, 3.63) is 70.5 Å². The van der Waals surface area contributed by atoms with Gasteiger partial charge in [-0.15, -0.1) is 0 Å². The van der Waals surface area contributed by atoms with Gasteiger partial charge in [0.15, 0.2) is 5.82 Å². The maximum atomic E-state index is 14.6. The minimum Gasteiger partial charge on any atom is -0.497 e. The zero-order chi connectivity index (χ0) is 22.9. The van der Waals surface area contributed by atoms with Gasteiger partial charge in [-0.1, -0.05) is 29.8 Å². The molecule has 5 rings (SSSR count). The molecule has 0 radical (unpaired) electrons. The molecule has 1 aliphatic rings. The van der Waals surface area contributed by atoms with Gasteiger partial charge in [0.25, 0.3) is 0 Å². The van der Waals surface area contributed by atoms with E-state index < -0.39 is 11.6 Å². The summed E-state index contributed by atoms with van der Waals surface area (Å²) in [5.41, 5.74) is 2.03. The lowest BCUT2D eigenvalue weighted by molar-refractivity contribution is 0.404. The summed E-state index contributed by atoms with van der Waals surface area (Å²) >= 11 is 6.36. The minimum atomic E-state index is -0.694. The predicted octanol–water partition coefficient (Wildman–Crippen LogP) is 4.95. The van der Waals surface area contributed by atoms with Gasteiger partial charge in [0.05, 0.1) is 19.2 Å². The number of nitrogens with zero attached hydrogens (tertiary/aromatic N) is 4. The Hall–Kier alpha value is -3.10. The smallest absolute Gasteiger partial charge is 0.182 e. The summed E-state index contributed by atoms with van der Waals surface area (Å²) in [6, 6.07) is 11.6. The van der Waals surface area contributed by atoms with Crippen LogP contribution in [-0.4, -0.2) is 39.9 Å². The van der Waals surface area contributed by atoms with Crippen molar-refractivity contribution in [3.63, 3.8) is 0 Å². The molecule has 1 fully saturated rings. The van der Waals surface area contributed by atoms with Crippen LogP contribution in [-0.2, 0) is 6.54 Å². The highest BCUT2D eigenvalue weighted by atomic mass is 35.5. The Balaban J connectivity index is 1.59. The number of hydrogen-bond donors (Lipinski definition) is 1. The fraction of sp³-hybridized carbons (Fsp3) is 0.292. The van der Waals surface area contributed by atoms with Gasteiger partial charge >= 0.3 is 0 Å². The number of hydrogen-bond acceptors (Lipinski definition) is 5. The maximum Gasteiger partial charge on any atom is 0.182 e. The van der Waals surface area contributed by atoms with Gasteiger partial charge < -0.3 is 10.1 Å². The molecule has 1 saturated heterocycles. The van der Waals surface area contributed by atoms with Gasteiger partial charge in [0.1, 0.15) is 28.2 Å². The molecule has 2 aromatic carbocycles. The zero-order valence-electron chi connectivity index (χ0n) is 18.0. The van der Waals surface area contributed by atoms with E-state index >= 15 is 0 Å². The van der Waals surface area contributed by atoms with Crippen LogP contribution >= 0.6 is 11.6 Å². The van der Waals surface area contributed by atoms with Crippen LogP contribution in [0.3, 0.4) is 0 Å². The van der Waals surface area contributed by atoms with Crippen LogP contribution < -0.4 is 10.1 Å². The third-order valence-corrected chi connectivity index (χ3v) is 6.19. The molecule has 170 valence electrons. The van der Waals surface area contributed by atoms with Gasteiger partial charge in [0.2, 0.25) is 0 Å². The summed E-state index contributed by atoms with van der Waals surface area (Å²) in [6.45, 7) is 1.76. The number of methoxy groups -OCH3 is 1.